The van der Waals surface area contributed by atoms with E-state index < -0.39 is 0 Å². The van der Waals surface area contributed by atoms with Crippen LogP contribution in [0, 0.1) is 0 Å². The van der Waals surface area contributed by atoms with Gasteiger partial charge < -0.3 is 9.80 Å². The molecule has 2 aromatic carbocycles. The van der Waals surface area contributed by atoms with Crippen molar-refractivity contribution in [3.8, 4) is 28.7 Å². The number of benzene rings is 2. The Balaban J connectivity index is 0.000000158. The fourth-order valence-corrected chi connectivity index (χ4v) is 8.66. The number of ketones is 1. The molecule has 0 fully saturated rings. The van der Waals surface area contributed by atoms with Gasteiger partial charge >= 0.3 is 0 Å². The molecule has 0 saturated heterocycles. The minimum atomic E-state index is -0.0330. The average molecular weight is 923 g/mol. The molecule has 5 aromatic heterocycles. The number of carbonyl (C=O) groups is 1. The minimum Gasteiger partial charge on any atom is -0.342 e. The van der Waals surface area contributed by atoms with Gasteiger partial charge in [0.15, 0.2) is 29.1 Å². The first kappa shape index (κ1) is 43.9. The number of rotatable bonds is 7. The molecule has 0 amide bonds. The first-order chi connectivity index (χ1) is 29.2. The standard InChI is InChI=1S/C21H20Cl2N8.C12H15ClN6.C8H6Cl2O/c1-4-16-20-28-26-11-30(20)17-10-25-21(27-19(17)31(16)12(2)3)29-6-5-24-18(29)13-7-14(22)9-15(23)8-13;1-4-8-11-17-15-6-18(11)9-5-14-12(13)16-10(9)19(8)7(2)3;1-5(11)6-2-7(9)4-8(10)3-6/h5-12,16H,4H2,1-3H3;5-8H,4H2,1-3H3;2-4H,1H3/t16-;8-;/m11./s1. The molecule has 316 valence electrons. The van der Waals surface area contributed by atoms with Gasteiger partial charge in [0.05, 0.1) is 24.5 Å². The maximum Gasteiger partial charge on any atom is 0.237 e. The Kier molecular flexibility index (Phi) is 13.3. The van der Waals surface area contributed by atoms with Gasteiger partial charge in [-0.05, 0) is 95.5 Å². The van der Waals surface area contributed by atoms with Gasteiger partial charge in [0.1, 0.15) is 29.9 Å². The van der Waals surface area contributed by atoms with Crippen molar-refractivity contribution in [1.29, 1.82) is 0 Å². The van der Waals surface area contributed by atoms with Gasteiger partial charge in [0.25, 0.3) is 0 Å². The third kappa shape index (κ3) is 8.93. The van der Waals surface area contributed by atoms with Gasteiger partial charge in [-0.15, -0.1) is 20.4 Å². The normalized spacial score (nSPS) is 15.0. The Hall–Kier alpha value is -5.19. The van der Waals surface area contributed by atoms with Crippen LogP contribution in [0.25, 0.3) is 28.7 Å². The summed E-state index contributed by atoms with van der Waals surface area (Å²) in [5, 5.41) is 19.1. The number of anilines is 2. The molecule has 0 aliphatic carbocycles. The maximum atomic E-state index is 10.8. The van der Waals surface area contributed by atoms with Crippen molar-refractivity contribution < 1.29 is 4.79 Å². The summed E-state index contributed by atoms with van der Waals surface area (Å²) in [6.45, 7) is 14.3. The third-order valence-corrected chi connectivity index (χ3v) is 11.1. The SMILES string of the molecule is CC(=O)c1cc(Cl)cc(Cl)c1.CC[C@@H]1c2nncn2-c2cnc(-n3ccnc3-c3cc(Cl)cc(Cl)c3)nc2N1C(C)C.CC[C@@H]1c2nncn2-c2cnc(Cl)nc2N1C(C)C. The van der Waals surface area contributed by atoms with Crippen LogP contribution in [0.2, 0.25) is 25.4 Å². The highest BCUT2D eigenvalue weighted by Gasteiger charge is 2.36. The van der Waals surface area contributed by atoms with E-state index in [1.165, 1.54) is 6.92 Å². The van der Waals surface area contributed by atoms with Crippen LogP contribution in [0.15, 0.2) is 73.8 Å². The zero-order chi connectivity index (χ0) is 43.7. The zero-order valence-corrected chi connectivity index (χ0v) is 38.0. The molecular weight excluding hydrogens is 882 g/mol. The van der Waals surface area contributed by atoms with Crippen LogP contribution >= 0.6 is 58.0 Å². The lowest BCUT2D eigenvalue weighted by molar-refractivity contribution is 0.101. The van der Waals surface area contributed by atoms with Crippen LogP contribution in [-0.2, 0) is 0 Å². The molecule has 7 aromatic rings. The molecule has 0 radical (unpaired) electrons. The molecule has 0 saturated carbocycles. The molecule has 2 aliphatic heterocycles. The first-order valence-electron chi connectivity index (χ1n) is 19.4. The van der Waals surface area contributed by atoms with Crippen molar-refractivity contribution >= 4 is 75.4 Å². The van der Waals surface area contributed by atoms with E-state index >= 15 is 0 Å². The number of nitrogens with zero attached hydrogens (tertiary/aromatic N) is 14. The van der Waals surface area contributed by atoms with Crippen LogP contribution in [0.1, 0.15) is 95.4 Å². The van der Waals surface area contributed by atoms with Crippen molar-refractivity contribution in [1.82, 2.24) is 59.0 Å². The predicted octanol–water partition coefficient (Wildman–Crippen LogP) is 10.5. The van der Waals surface area contributed by atoms with Crippen molar-refractivity contribution in [2.45, 2.75) is 85.5 Å². The number of fused-ring (bicyclic) bond motifs is 6. The average Bonchev–Trinajstić information content (AvgIpc) is 4.01. The fourth-order valence-electron chi connectivity index (χ4n) is 7.48. The van der Waals surface area contributed by atoms with E-state index in [9.17, 15) is 4.79 Å². The number of halogens is 5. The lowest BCUT2D eigenvalue weighted by Crippen LogP contribution is -2.40. The quantitative estimate of drug-likeness (QED) is 0.110. The highest BCUT2D eigenvalue weighted by molar-refractivity contribution is 6.35. The summed E-state index contributed by atoms with van der Waals surface area (Å²) < 4.78 is 5.75. The van der Waals surface area contributed by atoms with Gasteiger partial charge in [-0.2, -0.15) is 9.97 Å². The van der Waals surface area contributed by atoms with E-state index in [0.29, 0.717) is 43.5 Å². The summed E-state index contributed by atoms with van der Waals surface area (Å²) in [6, 6.07) is 10.8. The van der Waals surface area contributed by atoms with Crippen LogP contribution in [-0.4, -0.2) is 76.9 Å². The second-order valence-corrected chi connectivity index (χ2v) is 16.8. The number of Topliss-reactive ketones (excluding diaryl/α,β-unsaturated/α-hetero) is 1. The van der Waals surface area contributed by atoms with E-state index in [1.807, 2.05) is 32.0 Å². The number of carbonyl (C=O) groups excluding carboxylic acids is 1. The highest BCUT2D eigenvalue weighted by Crippen LogP contribution is 2.41. The van der Waals surface area contributed by atoms with Crippen LogP contribution in [0.5, 0.6) is 0 Å². The topological polar surface area (TPSA) is 154 Å². The van der Waals surface area contributed by atoms with E-state index in [1.54, 1.807) is 55.5 Å². The van der Waals surface area contributed by atoms with Gasteiger partial charge in [0.2, 0.25) is 11.2 Å². The molecule has 0 N–H and O–H groups in total. The molecule has 7 heterocycles. The number of hydrogen-bond acceptors (Lipinski definition) is 12. The third-order valence-electron chi connectivity index (χ3n) is 10.0. The molecule has 15 nitrogen and oxygen atoms in total. The number of aromatic nitrogens is 12. The van der Waals surface area contributed by atoms with Crippen LogP contribution in [0.3, 0.4) is 0 Å². The molecule has 2 aliphatic rings. The molecule has 0 bridgehead atoms. The Labute approximate surface area is 377 Å². The largest absolute Gasteiger partial charge is 0.342 e. The maximum absolute atomic E-state index is 10.8. The Morgan fingerprint density at radius 2 is 1.15 bits per heavy atom. The van der Waals surface area contributed by atoms with Crippen molar-refractivity contribution in [3.05, 3.63) is 116 Å². The van der Waals surface area contributed by atoms with Crippen molar-refractivity contribution in [2.75, 3.05) is 9.80 Å². The minimum absolute atomic E-state index is 0.0330. The molecule has 20 heteroatoms. The molecular formula is C41H41Cl5N14O. The molecule has 0 unspecified atom stereocenters. The molecule has 2 atom stereocenters. The summed E-state index contributed by atoms with van der Waals surface area (Å²) in [6.07, 6.45) is 12.3. The van der Waals surface area contributed by atoms with E-state index in [2.05, 4.69) is 91.7 Å². The van der Waals surface area contributed by atoms with Gasteiger partial charge in [-0.1, -0.05) is 60.3 Å². The Bertz CT molecular complexity index is 2650. The van der Waals surface area contributed by atoms with E-state index in [-0.39, 0.29) is 29.2 Å². The smallest absolute Gasteiger partial charge is 0.237 e. The Morgan fingerprint density at radius 3 is 1.64 bits per heavy atom. The second kappa shape index (κ2) is 18.4. The molecule has 9 rings (SSSR count). The van der Waals surface area contributed by atoms with Crippen LogP contribution in [0.4, 0.5) is 11.6 Å². The summed E-state index contributed by atoms with van der Waals surface area (Å²) in [5.41, 5.74) is 3.07. The van der Waals surface area contributed by atoms with Gasteiger partial charge in [0, 0.05) is 55.7 Å². The van der Waals surface area contributed by atoms with E-state index in [4.69, 9.17) is 63.0 Å². The second-order valence-electron chi connectivity index (χ2n) is 14.7. The lowest BCUT2D eigenvalue weighted by Gasteiger charge is -2.39. The zero-order valence-electron chi connectivity index (χ0n) is 34.2. The van der Waals surface area contributed by atoms with Crippen LogP contribution < -0.4 is 9.80 Å². The molecule has 61 heavy (non-hydrogen) atoms. The summed E-state index contributed by atoms with van der Waals surface area (Å²) in [5.74, 6) is 4.64. The number of imidazole rings is 1. The summed E-state index contributed by atoms with van der Waals surface area (Å²) >= 11 is 29.7. The predicted molar refractivity (Wildman–Crippen MR) is 239 cm³/mol. The lowest BCUT2D eigenvalue weighted by atomic mass is 10.1. The Morgan fingerprint density at radius 1 is 0.656 bits per heavy atom. The van der Waals surface area contributed by atoms with Gasteiger partial charge in [-0.3, -0.25) is 18.5 Å². The monoisotopic (exact) mass is 920 g/mol. The fraction of sp³-hybridized carbons (Fsp3) is 0.317. The number of hydrogen-bond donors (Lipinski definition) is 0. The van der Waals surface area contributed by atoms with E-state index in [0.717, 1.165) is 53.1 Å². The summed E-state index contributed by atoms with van der Waals surface area (Å²) in [4.78, 5) is 37.9. The van der Waals surface area contributed by atoms with Crippen molar-refractivity contribution in [2.24, 2.45) is 0 Å². The highest BCUT2D eigenvalue weighted by atomic mass is 35.5. The molecule has 0 spiro atoms. The first-order valence-corrected chi connectivity index (χ1v) is 21.3. The van der Waals surface area contributed by atoms with Crippen molar-refractivity contribution in [3.63, 3.8) is 0 Å². The van der Waals surface area contributed by atoms with Gasteiger partial charge in [-0.25, -0.2) is 15.0 Å². The summed E-state index contributed by atoms with van der Waals surface area (Å²) in [7, 11) is 0.